The molecule has 1 aliphatic rings. The van der Waals surface area contributed by atoms with Crippen LogP contribution in [0.4, 0.5) is 0 Å². The molecule has 0 aliphatic carbocycles. The smallest absolute Gasteiger partial charge is 0.249 e. The number of alkyl halides is 1. The molecule has 2 heterocycles. The van der Waals surface area contributed by atoms with Gasteiger partial charge in [-0.05, 0) is 38.8 Å². The highest BCUT2D eigenvalue weighted by atomic mass is 35.5. The molecule has 0 spiro atoms. The fourth-order valence-corrected chi connectivity index (χ4v) is 3.13. The average Bonchev–Trinajstić information content (AvgIpc) is 3.22. The number of likely N-dealkylation sites (tertiary alicyclic amines) is 1. The Morgan fingerprint density at radius 1 is 1.46 bits per heavy atom. The van der Waals surface area contributed by atoms with E-state index in [2.05, 4.69) is 10.1 Å². The molecular formula is C17H19Cl2N3O2. The number of carbonyl (C=O) groups excluding carboxylic acids is 1. The van der Waals surface area contributed by atoms with E-state index in [1.807, 2.05) is 26.0 Å². The van der Waals surface area contributed by atoms with Crippen LogP contribution in [0.1, 0.15) is 38.6 Å². The summed E-state index contributed by atoms with van der Waals surface area (Å²) in [4.78, 5) is 19.0. The van der Waals surface area contributed by atoms with Crippen LogP contribution in [0.3, 0.4) is 0 Å². The predicted octanol–water partition coefficient (Wildman–Crippen LogP) is 4.32. The second-order valence-corrected chi connectivity index (χ2v) is 7.34. The average molecular weight is 368 g/mol. The van der Waals surface area contributed by atoms with E-state index < -0.39 is 5.41 Å². The Morgan fingerprint density at radius 3 is 2.96 bits per heavy atom. The number of halogens is 2. The summed E-state index contributed by atoms with van der Waals surface area (Å²) < 4.78 is 5.44. The van der Waals surface area contributed by atoms with E-state index in [0.29, 0.717) is 23.3 Å². The maximum atomic E-state index is 12.7. The number of benzene rings is 1. The van der Waals surface area contributed by atoms with E-state index in [9.17, 15) is 4.79 Å². The molecule has 1 aromatic heterocycles. The van der Waals surface area contributed by atoms with E-state index in [-0.39, 0.29) is 17.8 Å². The zero-order valence-electron chi connectivity index (χ0n) is 13.6. The van der Waals surface area contributed by atoms with Crippen LogP contribution < -0.4 is 0 Å². The molecule has 3 rings (SSSR count). The summed E-state index contributed by atoms with van der Waals surface area (Å²) in [5, 5.41) is 4.65. The number of amides is 1. The summed E-state index contributed by atoms with van der Waals surface area (Å²) in [7, 11) is 0. The maximum Gasteiger partial charge on any atom is 0.249 e. The van der Waals surface area contributed by atoms with Gasteiger partial charge >= 0.3 is 0 Å². The van der Waals surface area contributed by atoms with E-state index in [0.717, 1.165) is 18.4 Å². The minimum Gasteiger partial charge on any atom is -0.337 e. The van der Waals surface area contributed by atoms with Gasteiger partial charge in [-0.25, -0.2) is 0 Å². The van der Waals surface area contributed by atoms with Crippen LogP contribution in [0, 0.1) is 5.41 Å². The van der Waals surface area contributed by atoms with Crippen molar-refractivity contribution in [1.29, 1.82) is 0 Å². The molecule has 0 radical (unpaired) electrons. The summed E-state index contributed by atoms with van der Waals surface area (Å²) in [5.41, 5.74) is 0.175. The van der Waals surface area contributed by atoms with Gasteiger partial charge in [-0.3, -0.25) is 4.79 Å². The molecule has 0 bridgehead atoms. The Balaban J connectivity index is 1.85. The van der Waals surface area contributed by atoms with Crippen molar-refractivity contribution in [3.05, 3.63) is 35.2 Å². The Bertz CT molecular complexity index is 745. The molecule has 1 amide bonds. The van der Waals surface area contributed by atoms with Gasteiger partial charge in [-0.2, -0.15) is 4.98 Å². The maximum absolute atomic E-state index is 12.7. The highest BCUT2D eigenvalue weighted by Gasteiger charge is 2.40. The van der Waals surface area contributed by atoms with Crippen LogP contribution in [0.5, 0.6) is 0 Å². The lowest BCUT2D eigenvalue weighted by Gasteiger charge is -2.30. The minimum absolute atomic E-state index is 0.0162. The predicted molar refractivity (Wildman–Crippen MR) is 92.9 cm³/mol. The summed E-state index contributed by atoms with van der Waals surface area (Å²) in [6, 6.07) is 7.08. The molecule has 1 atom stereocenters. The first-order valence-electron chi connectivity index (χ1n) is 7.89. The molecule has 1 aliphatic heterocycles. The Kier molecular flexibility index (Phi) is 4.83. The van der Waals surface area contributed by atoms with Gasteiger partial charge in [0.05, 0.1) is 5.41 Å². The third-order valence-corrected chi connectivity index (χ3v) is 5.14. The Hall–Kier alpha value is -1.59. The third-order valence-electron chi connectivity index (χ3n) is 4.24. The number of hydrogen-bond acceptors (Lipinski definition) is 4. The van der Waals surface area contributed by atoms with Gasteiger partial charge in [-0.1, -0.05) is 28.9 Å². The van der Waals surface area contributed by atoms with Crippen LogP contribution in [-0.4, -0.2) is 33.4 Å². The SMILES string of the molecule is CC(C)(CCl)C(=O)N1CCCC1c1nc(-c2cccc(Cl)c2)no1. The van der Waals surface area contributed by atoms with Gasteiger partial charge in [0.15, 0.2) is 0 Å². The topological polar surface area (TPSA) is 59.2 Å². The zero-order chi connectivity index (χ0) is 17.3. The lowest BCUT2D eigenvalue weighted by molar-refractivity contribution is -0.140. The van der Waals surface area contributed by atoms with Crippen LogP contribution in [0.2, 0.25) is 5.02 Å². The van der Waals surface area contributed by atoms with Crippen LogP contribution in [-0.2, 0) is 4.79 Å². The van der Waals surface area contributed by atoms with Crippen molar-refractivity contribution in [1.82, 2.24) is 15.0 Å². The first-order chi connectivity index (χ1) is 11.4. The number of hydrogen-bond donors (Lipinski definition) is 0. The number of rotatable bonds is 4. The number of aromatic nitrogens is 2. The van der Waals surface area contributed by atoms with Crippen molar-refractivity contribution in [2.75, 3.05) is 12.4 Å². The molecule has 0 saturated carbocycles. The van der Waals surface area contributed by atoms with Crippen molar-refractivity contribution in [2.24, 2.45) is 5.41 Å². The number of carbonyl (C=O) groups is 1. The molecular weight excluding hydrogens is 349 g/mol. The van der Waals surface area contributed by atoms with E-state index in [4.69, 9.17) is 27.7 Å². The largest absolute Gasteiger partial charge is 0.337 e. The van der Waals surface area contributed by atoms with Gasteiger partial charge in [0.1, 0.15) is 6.04 Å². The normalized spacial score (nSPS) is 18.2. The van der Waals surface area contributed by atoms with Gasteiger partial charge in [0.25, 0.3) is 0 Å². The van der Waals surface area contributed by atoms with E-state index in [1.165, 1.54) is 0 Å². The van der Waals surface area contributed by atoms with Crippen molar-refractivity contribution in [3.63, 3.8) is 0 Å². The summed E-state index contributed by atoms with van der Waals surface area (Å²) in [6.07, 6.45) is 1.71. The molecule has 0 N–H and O–H groups in total. The summed E-state index contributed by atoms with van der Waals surface area (Å²) in [5.74, 6) is 1.22. The van der Waals surface area contributed by atoms with Crippen LogP contribution >= 0.6 is 23.2 Å². The lowest BCUT2D eigenvalue weighted by Crippen LogP contribution is -2.41. The van der Waals surface area contributed by atoms with Gasteiger partial charge in [0, 0.05) is 23.0 Å². The molecule has 5 nitrogen and oxygen atoms in total. The summed E-state index contributed by atoms with van der Waals surface area (Å²) >= 11 is 12.0. The fourth-order valence-electron chi connectivity index (χ4n) is 2.83. The van der Waals surface area contributed by atoms with Crippen LogP contribution in [0.15, 0.2) is 28.8 Å². The molecule has 2 aromatic rings. The van der Waals surface area contributed by atoms with E-state index in [1.54, 1.807) is 17.0 Å². The standard InChI is InChI=1S/C17H19Cl2N3O2/c1-17(2,10-18)16(23)22-8-4-7-13(22)15-20-14(21-24-15)11-5-3-6-12(19)9-11/h3,5-6,9,13H,4,7-8,10H2,1-2H3. The minimum atomic E-state index is -0.611. The molecule has 7 heteroatoms. The second-order valence-electron chi connectivity index (χ2n) is 6.64. The van der Waals surface area contributed by atoms with E-state index >= 15 is 0 Å². The molecule has 1 saturated heterocycles. The van der Waals surface area contributed by atoms with Gasteiger partial charge in [-0.15, -0.1) is 11.6 Å². The monoisotopic (exact) mass is 367 g/mol. The molecule has 1 aromatic carbocycles. The summed E-state index contributed by atoms with van der Waals surface area (Å²) in [6.45, 7) is 4.38. The van der Waals surface area contributed by atoms with Crippen molar-refractivity contribution in [3.8, 4) is 11.4 Å². The highest BCUT2D eigenvalue weighted by Crippen LogP contribution is 2.35. The zero-order valence-corrected chi connectivity index (χ0v) is 15.1. The second kappa shape index (κ2) is 6.73. The van der Waals surface area contributed by atoms with Crippen molar-refractivity contribution >= 4 is 29.1 Å². The Morgan fingerprint density at radius 2 is 2.25 bits per heavy atom. The molecule has 128 valence electrons. The first kappa shape index (κ1) is 17.2. The fraction of sp³-hybridized carbons (Fsp3) is 0.471. The Labute approximate surface area is 150 Å². The van der Waals surface area contributed by atoms with Crippen LogP contribution in [0.25, 0.3) is 11.4 Å². The molecule has 1 fully saturated rings. The highest BCUT2D eigenvalue weighted by molar-refractivity contribution is 6.30. The van der Waals surface area contributed by atoms with Crippen molar-refractivity contribution in [2.45, 2.75) is 32.7 Å². The lowest BCUT2D eigenvalue weighted by atomic mass is 9.94. The van der Waals surface area contributed by atoms with Crippen molar-refractivity contribution < 1.29 is 9.32 Å². The van der Waals surface area contributed by atoms with Gasteiger partial charge < -0.3 is 9.42 Å². The molecule has 1 unspecified atom stereocenters. The quantitative estimate of drug-likeness (QED) is 0.755. The number of nitrogens with zero attached hydrogens (tertiary/aromatic N) is 3. The first-order valence-corrected chi connectivity index (χ1v) is 8.80. The van der Waals surface area contributed by atoms with Gasteiger partial charge in [0.2, 0.25) is 17.6 Å². The third kappa shape index (κ3) is 3.28. The molecule has 24 heavy (non-hydrogen) atoms.